The van der Waals surface area contributed by atoms with Crippen molar-refractivity contribution in [3.63, 3.8) is 0 Å². The standard InChI is InChI=1S/C15H11FN4S/c16-11-5-2-1-4-10(11)13-8-12(14-6-3-7-21-14)19-15-17-9-18-20(13)15/h1-9,13H,(H,17,18,19)/t13-/m1/s1. The normalized spacial score (nSPS) is 17.0. The van der Waals surface area contributed by atoms with Crippen LogP contribution in [0.2, 0.25) is 0 Å². The summed E-state index contributed by atoms with van der Waals surface area (Å²) in [5, 5.41) is 9.45. The van der Waals surface area contributed by atoms with E-state index in [9.17, 15) is 4.39 Å². The van der Waals surface area contributed by atoms with E-state index in [0.717, 1.165) is 10.6 Å². The lowest BCUT2D eigenvalue weighted by atomic mass is 10.0. The molecular weight excluding hydrogens is 287 g/mol. The fourth-order valence-corrected chi connectivity index (χ4v) is 3.15. The molecule has 0 amide bonds. The quantitative estimate of drug-likeness (QED) is 0.787. The van der Waals surface area contributed by atoms with Crippen LogP contribution in [-0.4, -0.2) is 14.8 Å². The Bertz CT molecular complexity index is 807. The zero-order valence-electron chi connectivity index (χ0n) is 10.9. The van der Waals surface area contributed by atoms with Gasteiger partial charge in [-0.15, -0.1) is 11.3 Å². The molecule has 0 aliphatic carbocycles. The molecule has 4 nitrogen and oxygen atoms in total. The van der Waals surface area contributed by atoms with Crippen LogP contribution in [0.1, 0.15) is 16.5 Å². The molecule has 2 aromatic heterocycles. The van der Waals surface area contributed by atoms with E-state index in [-0.39, 0.29) is 11.9 Å². The van der Waals surface area contributed by atoms with Crippen molar-refractivity contribution in [3.05, 3.63) is 70.4 Å². The molecule has 0 spiro atoms. The summed E-state index contributed by atoms with van der Waals surface area (Å²) in [6.07, 6.45) is 3.45. The number of benzene rings is 1. The molecular formula is C15H11FN4S. The highest BCUT2D eigenvalue weighted by atomic mass is 32.1. The van der Waals surface area contributed by atoms with Crippen molar-refractivity contribution in [2.24, 2.45) is 0 Å². The maximum atomic E-state index is 14.1. The lowest BCUT2D eigenvalue weighted by Crippen LogP contribution is -2.20. The van der Waals surface area contributed by atoms with Gasteiger partial charge in [0.2, 0.25) is 5.95 Å². The molecule has 0 unspecified atom stereocenters. The van der Waals surface area contributed by atoms with Gasteiger partial charge in [-0.1, -0.05) is 24.3 Å². The van der Waals surface area contributed by atoms with Crippen molar-refractivity contribution >= 4 is 23.0 Å². The first-order chi connectivity index (χ1) is 10.3. The van der Waals surface area contributed by atoms with E-state index in [2.05, 4.69) is 15.4 Å². The van der Waals surface area contributed by atoms with E-state index in [1.165, 1.54) is 12.4 Å². The van der Waals surface area contributed by atoms with Gasteiger partial charge in [0, 0.05) is 5.56 Å². The van der Waals surface area contributed by atoms with Gasteiger partial charge >= 0.3 is 0 Å². The third-order valence-electron chi connectivity index (χ3n) is 3.42. The first kappa shape index (κ1) is 12.3. The topological polar surface area (TPSA) is 42.7 Å². The number of nitrogens with one attached hydrogen (secondary N) is 1. The van der Waals surface area contributed by atoms with Gasteiger partial charge in [0.15, 0.2) is 0 Å². The number of hydrogen-bond acceptors (Lipinski definition) is 4. The largest absolute Gasteiger partial charge is 0.323 e. The Morgan fingerprint density at radius 3 is 2.90 bits per heavy atom. The molecule has 1 aliphatic heterocycles. The highest BCUT2D eigenvalue weighted by molar-refractivity contribution is 7.11. The zero-order valence-corrected chi connectivity index (χ0v) is 11.7. The van der Waals surface area contributed by atoms with Crippen molar-refractivity contribution in [2.75, 3.05) is 5.32 Å². The predicted molar refractivity (Wildman–Crippen MR) is 80.5 cm³/mol. The molecule has 0 fully saturated rings. The van der Waals surface area contributed by atoms with Crippen LogP contribution in [0.4, 0.5) is 10.3 Å². The van der Waals surface area contributed by atoms with Gasteiger partial charge < -0.3 is 5.32 Å². The fraction of sp³-hybridized carbons (Fsp3) is 0.0667. The van der Waals surface area contributed by atoms with E-state index in [4.69, 9.17) is 0 Å². The summed E-state index contributed by atoms with van der Waals surface area (Å²) in [6, 6.07) is 10.5. The monoisotopic (exact) mass is 298 g/mol. The minimum absolute atomic E-state index is 0.243. The van der Waals surface area contributed by atoms with Gasteiger partial charge in [-0.05, 0) is 23.6 Å². The van der Waals surface area contributed by atoms with Crippen LogP contribution in [0.15, 0.2) is 54.2 Å². The summed E-state index contributed by atoms with van der Waals surface area (Å²) in [4.78, 5) is 5.29. The van der Waals surface area contributed by atoms with Gasteiger partial charge in [0.05, 0.1) is 10.6 Å². The van der Waals surface area contributed by atoms with E-state index in [0.29, 0.717) is 11.5 Å². The molecule has 0 saturated heterocycles. The van der Waals surface area contributed by atoms with Gasteiger partial charge in [0.25, 0.3) is 0 Å². The van der Waals surface area contributed by atoms with Crippen LogP contribution in [0.5, 0.6) is 0 Å². The second kappa shape index (κ2) is 4.82. The lowest BCUT2D eigenvalue weighted by Gasteiger charge is -2.24. The first-order valence-electron chi connectivity index (χ1n) is 6.49. The Morgan fingerprint density at radius 2 is 2.10 bits per heavy atom. The summed E-state index contributed by atoms with van der Waals surface area (Å²) in [7, 11) is 0. The Morgan fingerprint density at radius 1 is 1.19 bits per heavy atom. The average Bonchev–Trinajstić information content (AvgIpc) is 3.18. The Balaban J connectivity index is 1.87. The molecule has 1 aromatic carbocycles. The van der Waals surface area contributed by atoms with Crippen LogP contribution in [0, 0.1) is 5.82 Å². The molecule has 0 bridgehead atoms. The molecule has 3 heterocycles. The second-order valence-corrected chi connectivity index (χ2v) is 5.62. The molecule has 6 heteroatoms. The third-order valence-corrected chi connectivity index (χ3v) is 4.32. The number of rotatable bonds is 2. The van der Waals surface area contributed by atoms with Crippen molar-refractivity contribution in [1.82, 2.24) is 14.8 Å². The van der Waals surface area contributed by atoms with Crippen molar-refractivity contribution in [1.29, 1.82) is 0 Å². The zero-order chi connectivity index (χ0) is 14.2. The number of halogens is 1. The maximum absolute atomic E-state index is 14.1. The lowest BCUT2D eigenvalue weighted by molar-refractivity contribution is 0.551. The highest BCUT2D eigenvalue weighted by Crippen LogP contribution is 2.34. The molecule has 21 heavy (non-hydrogen) atoms. The number of hydrogen-bond donors (Lipinski definition) is 1. The highest BCUT2D eigenvalue weighted by Gasteiger charge is 2.25. The minimum atomic E-state index is -0.304. The van der Waals surface area contributed by atoms with E-state index < -0.39 is 0 Å². The third kappa shape index (κ3) is 2.04. The number of thiophene rings is 1. The van der Waals surface area contributed by atoms with Gasteiger partial charge in [-0.2, -0.15) is 10.1 Å². The second-order valence-electron chi connectivity index (χ2n) is 4.68. The molecule has 1 aliphatic rings. The van der Waals surface area contributed by atoms with Crippen LogP contribution in [0.3, 0.4) is 0 Å². The summed E-state index contributed by atoms with van der Waals surface area (Å²) in [5.41, 5.74) is 1.51. The number of aromatic nitrogens is 3. The van der Waals surface area contributed by atoms with Gasteiger partial charge in [0.1, 0.15) is 18.2 Å². The van der Waals surface area contributed by atoms with E-state index in [1.54, 1.807) is 28.2 Å². The maximum Gasteiger partial charge on any atom is 0.226 e. The van der Waals surface area contributed by atoms with Crippen LogP contribution in [0.25, 0.3) is 5.70 Å². The van der Waals surface area contributed by atoms with E-state index >= 15 is 0 Å². The van der Waals surface area contributed by atoms with Crippen molar-refractivity contribution in [2.45, 2.75) is 6.04 Å². The Hall–Kier alpha value is -2.47. The predicted octanol–water partition coefficient (Wildman–Crippen LogP) is 3.53. The molecule has 1 N–H and O–H groups in total. The summed E-state index contributed by atoms with van der Waals surface area (Å²) >= 11 is 1.63. The molecule has 3 aromatic rings. The van der Waals surface area contributed by atoms with Crippen LogP contribution >= 0.6 is 11.3 Å². The molecule has 4 rings (SSSR count). The van der Waals surface area contributed by atoms with Crippen LogP contribution < -0.4 is 5.32 Å². The Kier molecular flexibility index (Phi) is 2.82. The van der Waals surface area contributed by atoms with Crippen LogP contribution in [-0.2, 0) is 0 Å². The first-order valence-corrected chi connectivity index (χ1v) is 7.37. The average molecular weight is 298 g/mol. The summed E-state index contributed by atoms with van der Waals surface area (Å²) in [5.74, 6) is 0.377. The molecule has 104 valence electrons. The molecule has 1 atom stereocenters. The van der Waals surface area contributed by atoms with Gasteiger partial charge in [-0.3, -0.25) is 0 Å². The molecule has 0 saturated carbocycles. The minimum Gasteiger partial charge on any atom is -0.323 e. The number of fused-ring (bicyclic) bond motifs is 1. The number of allylic oxidation sites excluding steroid dienone is 1. The summed E-state index contributed by atoms with van der Waals surface area (Å²) in [6.45, 7) is 0. The van der Waals surface area contributed by atoms with Crippen molar-refractivity contribution < 1.29 is 4.39 Å². The Labute approximate surface area is 124 Å². The SMILES string of the molecule is Fc1ccccc1[C@H]1C=C(c2cccs2)Nc2ncnn21. The number of anilines is 1. The van der Waals surface area contributed by atoms with E-state index in [1.807, 2.05) is 29.7 Å². The van der Waals surface area contributed by atoms with Crippen molar-refractivity contribution in [3.8, 4) is 0 Å². The smallest absolute Gasteiger partial charge is 0.226 e. The van der Waals surface area contributed by atoms with Gasteiger partial charge in [-0.25, -0.2) is 9.07 Å². The number of nitrogens with zero attached hydrogens (tertiary/aromatic N) is 3. The molecule has 0 radical (unpaired) electrons. The fourth-order valence-electron chi connectivity index (χ4n) is 2.45. The summed E-state index contributed by atoms with van der Waals surface area (Å²) < 4.78 is 15.8.